The third-order valence-corrected chi connectivity index (χ3v) is 6.07. The van der Waals surface area contributed by atoms with E-state index in [2.05, 4.69) is 25.6 Å². The Morgan fingerprint density at radius 2 is 2.05 bits per heavy atom. The van der Waals surface area contributed by atoms with Crippen molar-refractivity contribution in [3.05, 3.63) is 28.5 Å². The number of rotatable bonds is 5. The molecule has 0 atom stereocenters. The first kappa shape index (κ1) is 16.2. The van der Waals surface area contributed by atoms with Gasteiger partial charge in [-0.2, -0.15) is 11.8 Å². The average Bonchev–Trinajstić information content (AvgIpc) is 2.43. The molecule has 1 aromatic carbocycles. The van der Waals surface area contributed by atoms with E-state index in [-0.39, 0.29) is 9.37 Å². The van der Waals surface area contributed by atoms with E-state index in [1.54, 1.807) is 0 Å². The highest BCUT2D eigenvalue weighted by Gasteiger charge is 2.16. The van der Waals surface area contributed by atoms with Crippen LogP contribution < -0.4 is 4.72 Å². The van der Waals surface area contributed by atoms with Crippen LogP contribution in [0.1, 0.15) is 0 Å². The number of sulfonamides is 1. The van der Waals surface area contributed by atoms with E-state index in [9.17, 15) is 12.8 Å². The Hall–Kier alpha value is -0.150. The molecule has 1 heterocycles. The van der Waals surface area contributed by atoms with Gasteiger partial charge in [0, 0.05) is 37.7 Å². The normalized spacial score (nSPS) is 17.3. The predicted molar refractivity (Wildman–Crippen MR) is 83.1 cm³/mol. The summed E-state index contributed by atoms with van der Waals surface area (Å²) in [4.78, 5) is 2.17. The van der Waals surface area contributed by atoms with Crippen LogP contribution in [0.15, 0.2) is 27.6 Å². The summed E-state index contributed by atoms with van der Waals surface area (Å²) in [5, 5.41) is 0. The van der Waals surface area contributed by atoms with Crippen molar-refractivity contribution in [3.8, 4) is 0 Å². The summed E-state index contributed by atoms with van der Waals surface area (Å²) in [6.07, 6.45) is 0. The van der Waals surface area contributed by atoms with E-state index in [1.807, 2.05) is 11.8 Å². The lowest BCUT2D eigenvalue weighted by molar-refractivity contribution is 0.307. The maximum absolute atomic E-state index is 13.4. The Bertz CT molecular complexity index is 563. The number of nitrogens with one attached hydrogen (secondary N) is 1. The molecule has 1 N–H and O–H groups in total. The van der Waals surface area contributed by atoms with Crippen LogP contribution in [0.4, 0.5) is 4.39 Å². The summed E-state index contributed by atoms with van der Waals surface area (Å²) in [6, 6.07) is 3.79. The van der Waals surface area contributed by atoms with Crippen molar-refractivity contribution in [1.82, 2.24) is 9.62 Å². The Kier molecular flexibility index (Phi) is 5.85. The van der Waals surface area contributed by atoms with Crippen LogP contribution in [-0.4, -0.2) is 51.0 Å². The van der Waals surface area contributed by atoms with Gasteiger partial charge >= 0.3 is 0 Å². The number of halogens is 2. The molecule has 2 rings (SSSR count). The van der Waals surface area contributed by atoms with Crippen molar-refractivity contribution in [2.24, 2.45) is 0 Å². The number of hydrogen-bond donors (Lipinski definition) is 1. The molecule has 0 aliphatic carbocycles. The molecule has 1 aliphatic heterocycles. The summed E-state index contributed by atoms with van der Waals surface area (Å²) in [7, 11) is -3.64. The van der Waals surface area contributed by atoms with E-state index in [0.717, 1.165) is 30.7 Å². The minimum atomic E-state index is -3.64. The lowest BCUT2D eigenvalue weighted by atomic mass is 10.3. The maximum Gasteiger partial charge on any atom is 0.240 e. The average molecular weight is 383 g/mol. The van der Waals surface area contributed by atoms with Crippen molar-refractivity contribution in [2.75, 3.05) is 37.7 Å². The molecule has 1 aliphatic rings. The van der Waals surface area contributed by atoms with E-state index in [4.69, 9.17) is 0 Å². The molecule has 1 fully saturated rings. The monoisotopic (exact) mass is 382 g/mol. The third kappa shape index (κ3) is 4.42. The molecule has 0 amide bonds. The number of thioether (sulfide) groups is 1. The molecule has 112 valence electrons. The molecular formula is C12H16BrFN2O2S2. The molecule has 1 aromatic rings. The summed E-state index contributed by atoms with van der Waals surface area (Å²) < 4.78 is 40.2. The lowest BCUT2D eigenvalue weighted by Gasteiger charge is -2.25. The Labute approximate surface area is 131 Å². The number of benzene rings is 1. The summed E-state index contributed by atoms with van der Waals surface area (Å²) >= 11 is 4.91. The van der Waals surface area contributed by atoms with Gasteiger partial charge in [0.2, 0.25) is 10.0 Å². The van der Waals surface area contributed by atoms with Gasteiger partial charge in [-0.15, -0.1) is 0 Å². The van der Waals surface area contributed by atoms with Crippen molar-refractivity contribution in [3.63, 3.8) is 0 Å². The Morgan fingerprint density at radius 3 is 2.70 bits per heavy atom. The van der Waals surface area contributed by atoms with Gasteiger partial charge in [-0.1, -0.05) is 0 Å². The highest BCUT2D eigenvalue weighted by atomic mass is 79.9. The first-order chi connectivity index (χ1) is 9.49. The second-order valence-corrected chi connectivity index (χ2v) is 8.27. The molecule has 0 bridgehead atoms. The number of hydrogen-bond acceptors (Lipinski definition) is 4. The fourth-order valence-electron chi connectivity index (χ4n) is 1.89. The summed E-state index contributed by atoms with van der Waals surface area (Å²) in [5.74, 6) is 1.59. The van der Waals surface area contributed by atoms with E-state index in [1.165, 1.54) is 12.1 Å². The van der Waals surface area contributed by atoms with Crippen molar-refractivity contribution >= 4 is 37.7 Å². The zero-order valence-corrected chi connectivity index (χ0v) is 14.0. The Balaban J connectivity index is 1.91. The van der Waals surface area contributed by atoms with Crippen LogP contribution in [0.3, 0.4) is 0 Å². The Morgan fingerprint density at radius 1 is 1.35 bits per heavy atom. The zero-order valence-electron chi connectivity index (χ0n) is 10.8. The van der Waals surface area contributed by atoms with Gasteiger partial charge < -0.3 is 4.90 Å². The molecule has 20 heavy (non-hydrogen) atoms. The first-order valence-electron chi connectivity index (χ1n) is 6.24. The van der Waals surface area contributed by atoms with Crippen LogP contribution in [0, 0.1) is 5.82 Å². The van der Waals surface area contributed by atoms with E-state index in [0.29, 0.717) is 13.1 Å². The van der Waals surface area contributed by atoms with Crippen molar-refractivity contribution in [2.45, 2.75) is 4.90 Å². The van der Waals surface area contributed by atoms with Gasteiger partial charge in [0.1, 0.15) is 5.82 Å². The van der Waals surface area contributed by atoms with Gasteiger partial charge in [-0.3, -0.25) is 0 Å². The van der Waals surface area contributed by atoms with Gasteiger partial charge in [0.05, 0.1) is 9.37 Å². The van der Waals surface area contributed by atoms with Gasteiger partial charge in [-0.25, -0.2) is 17.5 Å². The third-order valence-electron chi connectivity index (χ3n) is 3.03. The SMILES string of the molecule is O=S(=O)(NCCN1CCSCC1)c1ccc(Br)c(F)c1. The first-order valence-corrected chi connectivity index (χ1v) is 9.67. The molecule has 0 unspecified atom stereocenters. The van der Waals surface area contributed by atoms with Crippen LogP contribution >= 0.6 is 27.7 Å². The maximum atomic E-state index is 13.4. The molecule has 8 heteroatoms. The minimum Gasteiger partial charge on any atom is -0.300 e. The fourth-order valence-corrected chi connectivity index (χ4v) is 4.15. The molecule has 0 radical (unpaired) electrons. The highest BCUT2D eigenvalue weighted by Crippen LogP contribution is 2.19. The van der Waals surface area contributed by atoms with Crippen molar-refractivity contribution in [1.29, 1.82) is 0 Å². The highest BCUT2D eigenvalue weighted by molar-refractivity contribution is 9.10. The van der Waals surface area contributed by atoms with Crippen LogP contribution in [0.25, 0.3) is 0 Å². The van der Waals surface area contributed by atoms with Gasteiger partial charge in [-0.05, 0) is 34.1 Å². The largest absolute Gasteiger partial charge is 0.300 e. The summed E-state index contributed by atoms with van der Waals surface area (Å²) in [6.45, 7) is 2.99. The van der Waals surface area contributed by atoms with Crippen LogP contribution in [0.2, 0.25) is 0 Å². The fraction of sp³-hybridized carbons (Fsp3) is 0.500. The second-order valence-electron chi connectivity index (χ2n) is 4.43. The lowest BCUT2D eigenvalue weighted by Crippen LogP contribution is -2.39. The van der Waals surface area contributed by atoms with Crippen LogP contribution in [0.5, 0.6) is 0 Å². The molecule has 0 saturated carbocycles. The number of nitrogens with zero attached hydrogens (tertiary/aromatic N) is 1. The standard InChI is InChI=1S/C12H16BrFN2O2S2/c13-11-2-1-10(9-12(11)14)20(17,18)15-3-4-16-5-7-19-8-6-16/h1-2,9,15H,3-8H2. The van der Waals surface area contributed by atoms with Gasteiger partial charge in [0.25, 0.3) is 0 Å². The zero-order chi connectivity index (χ0) is 14.6. The minimum absolute atomic E-state index is 0.0487. The second kappa shape index (κ2) is 7.22. The predicted octanol–water partition coefficient (Wildman–Crippen LogP) is 1.92. The molecular weight excluding hydrogens is 367 g/mol. The molecule has 4 nitrogen and oxygen atoms in total. The van der Waals surface area contributed by atoms with Crippen molar-refractivity contribution < 1.29 is 12.8 Å². The van der Waals surface area contributed by atoms with E-state index >= 15 is 0 Å². The smallest absolute Gasteiger partial charge is 0.240 e. The molecule has 0 spiro atoms. The molecule has 0 aromatic heterocycles. The molecule has 1 saturated heterocycles. The quantitative estimate of drug-likeness (QED) is 0.844. The van der Waals surface area contributed by atoms with Gasteiger partial charge in [0.15, 0.2) is 0 Å². The topological polar surface area (TPSA) is 49.4 Å². The summed E-state index contributed by atoms with van der Waals surface area (Å²) in [5.41, 5.74) is 0. The van der Waals surface area contributed by atoms with E-state index < -0.39 is 15.8 Å². The van der Waals surface area contributed by atoms with Crippen LogP contribution in [-0.2, 0) is 10.0 Å².